The normalized spacial score (nSPS) is 18.5. The fourth-order valence-electron chi connectivity index (χ4n) is 5.79. The molecule has 0 saturated carbocycles. The van der Waals surface area contributed by atoms with Crippen LogP contribution in [0.1, 0.15) is 48.4 Å². The summed E-state index contributed by atoms with van der Waals surface area (Å²) in [5.41, 5.74) is 6.13. The van der Waals surface area contributed by atoms with Gasteiger partial charge in [-0.15, -0.1) is 0 Å². The Kier molecular flexibility index (Phi) is 6.72. The Morgan fingerprint density at radius 2 is 1.51 bits per heavy atom. The van der Waals surface area contributed by atoms with Crippen LogP contribution >= 0.6 is 0 Å². The first-order valence-electron chi connectivity index (χ1n) is 13.3. The van der Waals surface area contributed by atoms with Crippen molar-refractivity contribution in [1.82, 2.24) is 0 Å². The van der Waals surface area contributed by atoms with Gasteiger partial charge in [0.2, 0.25) is 5.91 Å². The number of ether oxygens (including phenoxy) is 1. The molecular formula is C34H30N2O3. The van der Waals surface area contributed by atoms with Crippen LogP contribution in [0.2, 0.25) is 0 Å². The molecule has 1 aliphatic heterocycles. The van der Waals surface area contributed by atoms with Gasteiger partial charge in [0.15, 0.2) is 5.78 Å². The van der Waals surface area contributed by atoms with E-state index in [4.69, 9.17) is 4.74 Å². The predicted octanol–water partition coefficient (Wildman–Crippen LogP) is 7.19. The average molecular weight is 515 g/mol. The molecular weight excluding hydrogens is 484 g/mol. The molecule has 4 aromatic rings. The van der Waals surface area contributed by atoms with Crippen molar-refractivity contribution in [2.24, 2.45) is 0 Å². The molecule has 1 N–H and O–H groups in total. The van der Waals surface area contributed by atoms with Gasteiger partial charge in [0.25, 0.3) is 0 Å². The third-order valence-corrected chi connectivity index (χ3v) is 7.54. The Balaban J connectivity index is 1.41. The maximum absolute atomic E-state index is 14.1. The molecule has 1 heterocycles. The Morgan fingerprint density at radius 1 is 0.846 bits per heavy atom. The van der Waals surface area contributed by atoms with E-state index in [0.717, 1.165) is 39.5 Å². The second-order valence-electron chi connectivity index (χ2n) is 10.1. The number of hydrogen-bond acceptors (Lipinski definition) is 4. The van der Waals surface area contributed by atoms with E-state index >= 15 is 0 Å². The number of rotatable bonds is 5. The van der Waals surface area contributed by atoms with Crippen LogP contribution in [0.25, 0.3) is 0 Å². The molecule has 6 rings (SSSR count). The summed E-state index contributed by atoms with van der Waals surface area (Å²) in [5.74, 6) is 0.673. The Labute approximate surface area is 228 Å². The van der Waals surface area contributed by atoms with E-state index in [-0.39, 0.29) is 17.6 Å². The van der Waals surface area contributed by atoms with Gasteiger partial charge in [-0.25, -0.2) is 0 Å². The highest BCUT2D eigenvalue weighted by atomic mass is 16.5. The van der Waals surface area contributed by atoms with Crippen LogP contribution in [0.4, 0.5) is 11.4 Å². The molecule has 194 valence electrons. The predicted molar refractivity (Wildman–Crippen MR) is 154 cm³/mol. The van der Waals surface area contributed by atoms with E-state index in [9.17, 15) is 9.59 Å². The zero-order valence-corrected chi connectivity index (χ0v) is 21.8. The van der Waals surface area contributed by atoms with Gasteiger partial charge < -0.3 is 10.1 Å². The first-order valence-corrected chi connectivity index (χ1v) is 13.3. The quantitative estimate of drug-likeness (QED) is 0.306. The van der Waals surface area contributed by atoms with Crippen LogP contribution in [0.3, 0.4) is 0 Å². The fourth-order valence-corrected chi connectivity index (χ4v) is 5.79. The molecule has 39 heavy (non-hydrogen) atoms. The van der Waals surface area contributed by atoms with E-state index in [1.165, 1.54) is 0 Å². The highest BCUT2D eigenvalue weighted by Gasteiger charge is 2.41. The number of amides is 1. The summed E-state index contributed by atoms with van der Waals surface area (Å²) in [4.78, 5) is 29.0. The number of benzene rings is 4. The van der Waals surface area contributed by atoms with Gasteiger partial charge in [-0.1, -0.05) is 91.0 Å². The average Bonchev–Trinajstić information content (AvgIpc) is 3.12. The second kappa shape index (κ2) is 10.6. The van der Waals surface area contributed by atoms with Crippen molar-refractivity contribution in [2.75, 3.05) is 10.2 Å². The Bertz CT molecular complexity index is 1550. The summed E-state index contributed by atoms with van der Waals surface area (Å²) in [5, 5.41) is 3.58. The summed E-state index contributed by atoms with van der Waals surface area (Å²) in [6, 6.07) is 35.2. The number of anilines is 2. The highest BCUT2D eigenvalue weighted by molar-refractivity contribution is 6.06. The third-order valence-electron chi connectivity index (χ3n) is 7.54. The third kappa shape index (κ3) is 4.84. The minimum Gasteiger partial charge on any atom is -0.489 e. The number of para-hydroxylation sites is 3. The number of hydrogen-bond donors (Lipinski definition) is 1. The number of allylic oxidation sites excluding steroid dienone is 1. The molecule has 4 aromatic carbocycles. The van der Waals surface area contributed by atoms with Gasteiger partial charge in [-0.2, -0.15) is 0 Å². The fraction of sp³-hybridized carbons (Fsp3) is 0.176. The lowest BCUT2D eigenvalue weighted by atomic mass is 9.78. The Hall–Kier alpha value is -4.64. The molecule has 0 spiro atoms. The van der Waals surface area contributed by atoms with Gasteiger partial charge >= 0.3 is 0 Å². The molecule has 2 atom stereocenters. The lowest BCUT2D eigenvalue weighted by molar-refractivity contribution is -0.117. The van der Waals surface area contributed by atoms with Crippen molar-refractivity contribution in [2.45, 2.75) is 38.3 Å². The molecule has 0 radical (unpaired) electrons. The molecule has 0 saturated heterocycles. The van der Waals surface area contributed by atoms with Gasteiger partial charge in [0, 0.05) is 30.5 Å². The van der Waals surface area contributed by atoms with Crippen LogP contribution < -0.4 is 15.0 Å². The summed E-state index contributed by atoms with van der Waals surface area (Å²) >= 11 is 0. The zero-order chi connectivity index (χ0) is 26.8. The van der Waals surface area contributed by atoms with Crippen molar-refractivity contribution in [3.05, 3.63) is 137 Å². The zero-order valence-electron chi connectivity index (χ0n) is 21.8. The largest absolute Gasteiger partial charge is 0.489 e. The van der Waals surface area contributed by atoms with Crippen LogP contribution in [0.5, 0.6) is 5.75 Å². The van der Waals surface area contributed by atoms with E-state index < -0.39 is 6.04 Å². The second-order valence-corrected chi connectivity index (χ2v) is 10.1. The first kappa shape index (κ1) is 24.7. The molecule has 2 aliphatic rings. The number of carbonyl (C=O) groups excluding carboxylic acids is 2. The number of fused-ring (bicyclic) bond motifs is 1. The van der Waals surface area contributed by atoms with Gasteiger partial charge in [-0.05, 0) is 41.3 Å². The molecule has 0 aromatic heterocycles. The van der Waals surface area contributed by atoms with Crippen molar-refractivity contribution in [3.8, 4) is 5.75 Å². The number of ketones is 1. The maximum Gasteiger partial charge on any atom is 0.224 e. The smallest absolute Gasteiger partial charge is 0.224 e. The lowest BCUT2D eigenvalue weighted by Gasteiger charge is -2.34. The number of nitrogens with zero attached hydrogens (tertiary/aromatic N) is 1. The molecule has 1 aliphatic carbocycles. The molecule has 5 heteroatoms. The lowest BCUT2D eigenvalue weighted by Crippen LogP contribution is -2.37. The van der Waals surface area contributed by atoms with Crippen molar-refractivity contribution in [1.29, 1.82) is 0 Å². The number of carbonyl (C=O) groups is 2. The van der Waals surface area contributed by atoms with Gasteiger partial charge in [-0.3, -0.25) is 14.5 Å². The first-order chi connectivity index (χ1) is 19.1. The van der Waals surface area contributed by atoms with Crippen molar-refractivity contribution >= 4 is 23.1 Å². The molecule has 0 fully saturated rings. The summed E-state index contributed by atoms with van der Waals surface area (Å²) in [6.45, 7) is 2.02. The molecule has 1 amide bonds. The minimum absolute atomic E-state index is 0.0412. The monoisotopic (exact) mass is 514 g/mol. The summed E-state index contributed by atoms with van der Waals surface area (Å²) in [6.07, 6.45) is 0.980. The molecule has 0 bridgehead atoms. The van der Waals surface area contributed by atoms with E-state index in [1.54, 1.807) is 11.8 Å². The van der Waals surface area contributed by atoms with Gasteiger partial charge in [0.05, 0.1) is 17.4 Å². The topological polar surface area (TPSA) is 58.6 Å². The maximum atomic E-state index is 14.1. The minimum atomic E-state index is -0.507. The van der Waals surface area contributed by atoms with Gasteiger partial charge in [0.1, 0.15) is 12.4 Å². The number of nitrogens with one attached hydrogen (secondary N) is 1. The van der Waals surface area contributed by atoms with Crippen LogP contribution in [-0.2, 0) is 16.2 Å². The van der Waals surface area contributed by atoms with Crippen molar-refractivity contribution < 1.29 is 14.3 Å². The van der Waals surface area contributed by atoms with Crippen LogP contribution in [0, 0.1) is 0 Å². The van der Waals surface area contributed by atoms with E-state index in [0.29, 0.717) is 25.0 Å². The highest BCUT2D eigenvalue weighted by Crippen LogP contribution is 2.48. The number of Topliss-reactive ketones (excluding diaryl/α,β-unsaturated/α-hetero) is 1. The summed E-state index contributed by atoms with van der Waals surface area (Å²) in [7, 11) is 0. The molecule has 2 unspecified atom stereocenters. The SMILES string of the molecule is CC(=O)N1c2ccccc2NC2=C(C(=O)CC(c3ccccc3OCc3ccccc3)C2)C1c1ccccc1. The Morgan fingerprint density at radius 3 is 2.28 bits per heavy atom. The van der Waals surface area contributed by atoms with Crippen molar-refractivity contribution in [3.63, 3.8) is 0 Å². The van der Waals surface area contributed by atoms with E-state index in [2.05, 4.69) is 11.4 Å². The van der Waals surface area contributed by atoms with Crippen LogP contribution in [-0.4, -0.2) is 11.7 Å². The summed E-state index contributed by atoms with van der Waals surface area (Å²) < 4.78 is 6.27. The standard InChI is InChI=1S/C34H30N2O3/c1-23(37)36-30-18-10-9-17-28(30)35-29-20-26(21-31(38)33(29)34(36)25-14-6-3-7-15-25)27-16-8-11-19-32(27)39-22-24-12-4-2-5-13-24/h2-19,26,34-35H,20-22H2,1H3. The van der Waals surface area contributed by atoms with Crippen LogP contribution in [0.15, 0.2) is 120 Å². The van der Waals surface area contributed by atoms with E-state index in [1.807, 2.05) is 103 Å². The molecule has 5 nitrogen and oxygen atoms in total.